The highest BCUT2D eigenvalue weighted by Crippen LogP contribution is 2.27. The standard InChI is InChI=1S/C17H19ClN2O2/c1-2-19-17(21)20-14-8-9-16(15(18)12-14)22-11-10-13-6-4-3-5-7-13/h3-9,12H,2,10-11H2,1H3,(H2,19,20,21). The first-order chi connectivity index (χ1) is 10.7. The molecule has 116 valence electrons. The summed E-state index contributed by atoms with van der Waals surface area (Å²) in [6.45, 7) is 2.98. The molecule has 0 saturated carbocycles. The van der Waals surface area contributed by atoms with E-state index < -0.39 is 0 Å². The number of halogens is 1. The van der Waals surface area contributed by atoms with Crippen LogP contribution in [0, 0.1) is 0 Å². The summed E-state index contributed by atoms with van der Waals surface area (Å²) in [6.07, 6.45) is 0.816. The van der Waals surface area contributed by atoms with E-state index in [4.69, 9.17) is 16.3 Å². The number of urea groups is 1. The average Bonchev–Trinajstić information content (AvgIpc) is 2.51. The second kappa shape index (κ2) is 8.29. The summed E-state index contributed by atoms with van der Waals surface area (Å²) in [5.41, 5.74) is 1.85. The van der Waals surface area contributed by atoms with Gasteiger partial charge < -0.3 is 15.4 Å². The minimum absolute atomic E-state index is 0.253. The molecule has 0 saturated heterocycles. The van der Waals surface area contributed by atoms with Gasteiger partial charge in [0.2, 0.25) is 0 Å². The molecule has 0 fully saturated rings. The number of anilines is 1. The molecule has 0 aliphatic carbocycles. The Labute approximate surface area is 135 Å². The molecule has 2 amide bonds. The summed E-state index contributed by atoms with van der Waals surface area (Å²) in [5.74, 6) is 0.610. The maximum atomic E-state index is 11.4. The molecule has 4 nitrogen and oxygen atoms in total. The van der Waals surface area contributed by atoms with E-state index in [0.29, 0.717) is 29.6 Å². The molecule has 0 unspecified atom stereocenters. The van der Waals surface area contributed by atoms with Crippen molar-refractivity contribution in [2.24, 2.45) is 0 Å². The van der Waals surface area contributed by atoms with Crippen LogP contribution in [0.1, 0.15) is 12.5 Å². The number of nitrogens with one attached hydrogen (secondary N) is 2. The van der Waals surface area contributed by atoms with Gasteiger partial charge in [0.25, 0.3) is 0 Å². The fourth-order valence-corrected chi connectivity index (χ4v) is 2.19. The Bertz CT molecular complexity index is 617. The van der Waals surface area contributed by atoms with Gasteiger partial charge in [-0.05, 0) is 30.7 Å². The quantitative estimate of drug-likeness (QED) is 0.842. The number of ether oxygens (including phenoxy) is 1. The molecule has 0 aromatic heterocycles. The largest absolute Gasteiger partial charge is 0.492 e. The van der Waals surface area contributed by atoms with Crippen LogP contribution in [-0.4, -0.2) is 19.2 Å². The summed E-state index contributed by atoms with van der Waals surface area (Å²) in [5, 5.41) is 5.83. The second-order valence-corrected chi connectivity index (χ2v) is 5.12. The van der Waals surface area contributed by atoms with Crippen molar-refractivity contribution in [2.45, 2.75) is 13.3 Å². The van der Waals surface area contributed by atoms with Crippen molar-refractivity contribution >= 4 is 23.3 Å². The van der Waals surface area contributed by atoms with E-state index in [1.165, 1.54) is 5.56 Å². The molecule has 2 N–H and O–H groups in total. The van der Waals surface area contributed by atoms with Crippen molar-refractivity contribution in [3.8, 4) is 5.75 Å². The summed E-state index contributed by atoms with van der Waals surface area (Å²) >= 11 is 6.17. The van der Waals surface area contributed by atoms with Crippen LogP contribution < -0.4 is 15.4 Å². The van der Waals surface area contributed by atoms with E-state index >= 15 is 0 Å². The molecule has 2 rings (SSSR count). The highest BCUT2D eigenvalue weighted by atomic mass is 35.5. The van der Waals surface area contributed by atoms with Crippen molar-refractivity contribution in [2.75, 3.05) is 18.5 Å². The number of amides is 2. The topological polar surface area (TPSA) is 50.4 Å². The van der Waals surface area contributed by atoms with Crippen LogP contribution in [0.3, 0.4) is 0 Å². The van der Waals surface area contributed by atoms with Crippen molar-refractivity contribution in [3.05, 3.63) is 59.1 Å². The summed E-state index contributed by atoms with van der Waals surface area (Å²) in [6, 6.07) is 15.1. The first-order valence-electron chi connectivity index (χ1n) is 7.20. The number of carbonyl (C=O) groups is 1. The normalized spacial score (nSPS) is 10.1. The fourth-order valence-electron chi connectivity index (χ4n) is 1.96. The predicted octanol–water partition coefficient (Wildman–Crippen LogP) is 4.10. The van der Waals surface area contributed by atoms with Gasteiger partial charge >= 0.3 is 6.03 Å². The molecule has 0 aliphatic heterocycles. The summed E-state index contributed by atoms with van der Waals surface area (Å²) in [4.78, 5) is 11.4. The lowest BCUT2D eigenvalue weighted by Crippen LogP contribution is -2.28. The lowest BCUT2D eigenvalue weighted by atomic mass is 10.2. The van der Waals surface area contributed by atoms with E-state index in [9.17, 15) is 4.79 Å². The highest BCUT2D eigenvalue weighted by molar-refractivity contribution is 6.32. The summed E-state index contributed by atoms with van der Waals surface area (Å²) in [7, 11) is 0. The molecule has 2 aromatic carbocycles. The third-order valence-corrected chi connectivity index (χ3v) is 3.31. The van der Waals surface area contributed by atoms with E-state index in [2.05, 4.69) is 22.8 Å². The fraction of sp³-hybridized carbons (Fsp3) is 0.235. The summed E-state index contributed by atoms with van der Waals surface area (Å²) < 4.78 is 5.69. The average molecular weight is 319 g/mol. The molecule has 0 atom stereocenters. The molecule has 2 aromatic rings. The number of hydrogen-bond donors (Lipinski definition) is 2. The van der Waals surface area contributed by atoms with Crippen molar-refractivity contribution in [1.82, 2.24) is 5.32 Å². The first kappa shape index (κ1) is 16.2. The molecular formula is C17H19ClN2O2. The smallest absolute Gasteiger partial charge is 0.319 e. The Morgan fingerprint density at radius 3 is 2.64 bits per heavy atom. The predicted molar refractivity (Wildman–Crippen MR) is 89.8 cm³/mol. The molecule has 0 spiro atoms. The van der Waals surface area contributed by atoms with Crippen LogP contribution in [0.2, 0.25) is 5.02 Å². The van der Waals surface area contributed by atoms with Crippen LogP contribution in [-0.2, 0) is 6.42 Å². The van der Waals surface area contributed by atoms with Gasteiger partial charge in [-0.1, -0.05) is 41.9 Å². The molecule has 22 heavy (non-hydrogen) atoms. The number of hydrogen-bond acceptors (Lipinski definition) is 2. The van der Waals surface area contributed by atoms with Crippen molar-refractivity contribution < 1.29 is 9.53 Å². The van der Waals surface area contributed by atoms with Gasteiger partial charge in [0.1, 0.15) is 5.75 Å². The molecule has 0 aliphatic rings. The zero-order valence-electron chi connectivity index (χ0n) is 12.4. The number of rotatable bonds is 6. The third-order valence-electron chi connectivity index (χ3n) is 3.02. The van der Waals surface area contributed by atoms with Crippen LogP contribution >= 0.6 is 11.6 Å². The maximum absolute atomic E-state index is 11.4. The van der Waals surface area contributed by atoms with Gasteiger partial charge in [-0.3, -0.25) is 0 Å². The minimum Gasteiger partial charge on any atom is -0.492 e. The Kier molecular flexibility index (Phi) is 6.10. The van der Waals surface area contributed by atoms with Crippen molar-refractivity contribution in [1.29, 1.82) is 0 Å². The van der Waals surface area contributed by atoms with Crippen LogP contribution in [0.25, 0.3) is 0 Å². The Hall–Kier alpha value is -2.20. The van der Waals surface area contributed by atoms with Gasteiger partial charge in [-0.2, -0.15) is 0 Å². The van der Waals surface area contributed by atoms with Crippen LogP contribution in [0.5, 0.6) is 5.75 Å². The monoisotopic (exact) mass is 318 g/mol. The lowest BCUT2D eigenvalue weighted by Gasteiger charge is -2.10. The molecular weight excluding hydrogens is 300 g/mol. The van der Waals surface area contributed by atoms with Crippen molar-refractivity contribution in [3.63, 3.8) is 0 Å². The molecule has 5 heteroatoms. The zero-order valence-corrected chi connectivity index (χ0v) is 13.2. The van der Waals surface area contributed by atoms with Crippen LogP contribution in [0.15, 0.2) is 48.5 Å². The zero-order chi connectivity index (χ0) is 15.8. The molecule has 0 radical (unpaired) electrons. The molecule has 0 heterocycles. The highest BCUT2D eigenvalue weighted by Gasteiger charge is 2.05. The third kappa shape index (κ3) is 4.97. The van der Waals surface area contributed by atoms with E-state index in [0.717, 1.165) is 6.42 Å². The Morgan fingerprint density at radius 1 is 1.18 bits per heavy atom. The number of benzene rings is 2. The molecule has 0 bridgehead atoms. The Balaban J connectivity index is 1.88. The lowest BCUT2D eigenvalue weighted by molar-refractivity contribution is 0.252. The van der Waals surface area contributed by atoms with E-state index in [-0.39, 0.29) is 6.03 Å². The first-order valence-corrected chi connectivity index (χ1v) is 7.58. The van der Waals surface area contributed by atoms with Gasteiger partial charge in [-0.25, -0.2) is 4.79 Å². The van der Waals surface area contributed by atoms with E-state index in [1.807, 2.05) is 25.1 Å². The SMILES string of the molecule is CCNC(=O)Nc1ccc(OCCc2ccccc2)c(Cl)c1. The number of carbonyl (C=O) groups excluding carboxylic acids is 1. The van der Waals surface area contributed by atoms with E-state index in [1.54, 1.807) is 18.2 Å². The van der Waals surface area contributed by atoms with Crippen LogP contribution in [0.4, 0.5) is 10.5 Å². The Morgan fingerprint density at radius 2 is 1.95 bits per heavy atom. The van der Waals surface area contributed by atoms with Gasteiger partial charge in [-0.15, -0.1) is 0 Å². The minimum atomic E-state index is -0.253. The van der Waals surface area contributed by atoms with Gasteiger partial charge in [0, 0.05) is 18.7 Å². The van der Waals surface area contributed by atoms with Gasteiger partial charge in [0.05, 0.1) is 11.6 Å². The second-order valence-electron chi connectivity index (χ2n) is 4.71. The van der Waals surface area contributed by atoms with Gasteiger partial charge in [0.15, 0.2) is 0 Å². The maximum Gasteiger partial charge on any atom is 0.319 e.